The second-order valence-corrected chi connectivity index (χ2v) is 4.00. The van der Waals surface area contributed by atoms with E-state index in [1.54, 1.807) is 36.3 Å². The first kappa shape index (κ1) is 10.0. The van der Waals surface area contributed by atoms with Crippen LogP contribution in [0.3, 0.4) is 0 Å². The van der Waals surface area contributed by atoms with Crippen molar-refractivity contribution in [2.75, 3.05) is 0 Å². The predicted octanol–water partition coefficient (Wildman–Crippen LogP) is 1.81. The third-order valence-electron chi connectivity index (χ3n) is 1.99. The molecule has 0 aliphatic carbocycles. The van der Waals surface area contributed by atoms with Crippen molar-refractivity contribution >= 4 is 21.7 Å². The van der Waals surface area contributed by atoms with E-state index in [1.807, 2.05) is 0 Å². The highest BCUT2D eigenvalue weighted by atomic mass is 79.9. The van der Waals surface area contributed by atoms with Crippen molar-refractivity contribution < 1.29 is 4.79 Å². The zero-order valence-corrected chi connectivity index (χ0v) is 9.60. The van der Waals surface area contributed by atoms with Crippen LogP contribution in [-0.2, 0) is 7.05 Å². The molecule has 0 aliphatic heterocycles. The molecule has 5 heteroatoms. The van der Waals surface area contributed by atoms with Gasteiger partial charge >= 0.3 is 0 Å². The van der Waals surface area contributed by atoms with Crippen LogP contribution in [0.25, 0.3) is 0 Å². The molecule has 0 saturated carbocycles. The SMILES string of the molecule is Cn1ccnc1C(=O)c1cncc(Br)c1. The summed E-state index contributed by atoms with van der Waals surface area (Å²) in [6.07, 6.45) is 6.49. The number of pyridine rings is 1. The molecule has 0 unspecified atom stereocenters. The van der Waals surface area contributed by atoms with Crippen LogP contribution in [-0.4, -0.2) is 20.3 Å². The Morgan fingerprint density at radius 2 is 2.27 bits per heavy atom. The quantitative estimate of drug-likeness (QED) is 0.779. The highest BCUT2D eigenvalue weighted by molar-refractivity contribution is 9.10. The van der Waals surface area contributed by atoms with Crippen LogP contribution in [0, 0.1) is 0 Å². The van der Waals surface area contributed by atoms with Gasteiger partial charge in [-0.1, -0.05) is 0 Å². The smallest absolute Gasteiger partial charge is 0.230 e. The molecule has 2 aromatic heterocycles. The lowest BCUT2D eigenvalue weighted by Gasteiger charge is -2.00. The van der Waals surface area contributed by atoms with Crippen molar-refractivity contribution in [3.8, 4) is 0 Å². The van der Waals surface area contributed by atoms with E-state index in [-0.39, 0.29) is 5.78 Å². The molecule has 15 heavy (non-hydrogen) atoms. The molecule has 0 saturated heterocycles. The van der Waals surface area contributed by atoms with E-state index < -0.39 is 0 Å². The maximum atomic E-state index is 11.9. The molecule has 0 atom stereocenters. The third-order valence-corrected chi connectivity index (χ3v) is 2.43. The van der Waals surface area contributed by atoms with Gasteiger partial charge < -0.3 is 4.57 Å². The monoisotopic (exact) mass is 265 g/mol. The largest absolute Gasteiger partial charge is 0.331 e. The van der Waals surface area contributed by atoms with Crippen LogP contribution in [0.2, 0.25) is 0 Å². The summed E-state index contributed by atoms with van der Waals surface area (Å²) in [6, 6.07) is 1.73. The molecule has 0 aromatic carbocycles. The number of rotatable bonds is 2. The minimum Gasteiger partial charge on any atom is -0.331 e. The van der Waals surface area contributed by atoms with Gasteiger partial charge in [0.15, 0.2) is 5.82 Å². The Bertz CT molecular complexity index is 507. The van der Waals surface area contributed by atoms with Crippen molar-refractivity contribution in [2.24, 2.45) is 7.05 Å². The Hall–Kier alpha value is -1.49. The zero-order valence-electron chi connectivity index (χ0n) is 8.01. The van der Waals surface area contributed by atoms with Gasteiger partial charge in [0.2, 0.25) is 5.78 Å². The Morgan fingerprint density at radius 3 is 2.87 bits per heavy atom. The van der Waals surface area contributed by atoms with Crippen LogP contribution < -0.4 is 0 Å². The first-order valence-corrected chi connectivity index (χ1v) is 5.10. The molecule has 0 radical (unpaired) electrons. The Balaban J connectivity index is 2.41. The van der Waals surface area contributed by atoms with Crippen LogP contribution in [0.4, 0.5) is 0 Å². The van der Waals surface area contributed by atoms with Crippen molar-refractivity contribution in [1.82, 2.24) is 14.5 Å². The van der Waals surface area contributed by atoms with Gasteiger partial charge in [-0.15, -0.1) is 0 Å². The van der Waals surface area contributed by atoms with Crippen molar-refractivity contribution in [2.45, 2.75) is 0 Å². The lowest BCUT2D eigenvalue weighted by molar-refractivity contribution is 0.102. The minimum absolute atomic E-state index is 0.128. The molecule has 0 spiro atoms. The van der Waals surface area contributed by atoms with Gasteiger partial charge in [-0.3, -0.25) is 9.78 Å². The number of carbonyl (C=O) groups excluding carboxylic acids is 1. The first-order chi connectivity index (χ1) is 7.18. The summed E-state index contributed by atoms with van der Waals surface area (Å²) in [5.74, 6) is 0.284. The van der Waals surface area contributed by atoms with Gasteiger partial charge in [-0.2, -0.15) is 0 Å². The average Bonchev–Trinajstić information content (AvgIpc) is 2.63. The van der Waals surface area contributed by atoms with Crippen LogP contribution in [0.1, 0.15) is 16.2 Å². The van der Waals surface area contributed by atoms with E-state index in [4.69, 9.17) is 0 Å². The van der Waals surface area contributed by atoms with Gasteiger partial charge in [0.1, 0.15) is 0 Å². The minimum atomic E-state index is -0.128. The van der Waals surface area contributed by atoms with E-state index in [0.717, 1.165) is 4.47 Å². The van der Waals surface area contributed by atoms with Crippen LogP contribution in [0.5, 0.6) is 0 Å². The van der Waals surface area contributed by atoms with E-state index in [0.29, 0.717) is 11.4 Å². The van der Waals surface area contributed by atoms with Gasteiger partial charge in [-0.25, -0.2) is 4.98 Å². The summed E-state index contributed by atoms with van der Waals surface area (Å²) in [5, 5.41) is 0. The molecule has 0 aliphatic rings. The number of aryl methyl sites for hydroxylation is 1. The number of ketones is 1. The molecule has 2 rings (SSSR count). The second kappa shape index (κ2) is 3.94. The van der Waals surface area contributed by atoms with Gasteiger partial charge in [0, 0.05) is 41.9 Å². The summed E-state index contributed by atoms with van der Waals surface area (Å²) in [4.78, 5) is 19.9. The highest BCUT2D eigenvalue weighted by Gasteiger charge is 2.13. The summed E-state index contributed by atoms with van der Waals surface area (Å²) in [5.41, 5.74) is 0.527. The first-order valence-electron chi connectivity index (χ1n) is 4.31. The van der Waals surface area contributed by atoms with Crippen molar-refractivity contribution in [1.29, 1.82) is 0 Å². The molecule has 0 fully saturated rings. The number of carbonyl (C=O) groups is 1. The number of aromatic nitrogens is 3. The van der Waals surface area contributed by atoms with Crippen molar-refractivity contribution in [3.63, 3.8) is 0 Å². The van der Waals surface area contributed by atoms with E-state index >= 15 is 0 Å². The molecule has 0 amide bonds. The zero-order chi connectivity index (χ0) is 10.8. The Kier molecular flexibility index (Phi) is 2.64. The van der Waals surface area contributed by atoms with E-state index in [1.165, 1.54) is 6.20 Å². The molecule has 0 N–H and O–H groups in total. The molecule has 2 aromatic rings. The number of imidazole rings is 1. The fourth-order valence-electron chi connectivity index (χ4n) is 1.25. The lowest BCUT2D eigenvalue weighted by atomic mass is 10.2. The maximum absolute atomic E-state index is 11.9. The van der Waals surface area contributed by atoms with E-state index in [2.05, 4.69) is 25.9 Å². The van der Waals surface area contributed by atoms with Gasteiger partial charge in [0.05, 0.1) is 0 Å². The van der Waals surface area contributed by atoms with Crippen LogP contribution in [0.15, 0.2) is 35.3 Å². The second-order valence-electron chi connectivity index (χ2n) is 3.08. The topological polar surface area (TPSA) is 47.8 Å². The van der Waals surface area contributed by atoms with Crippen molar-refractivity contribution in [3.05, 3.63) is 46.7 Å². The molecule has 4 nitrogen and oxygen atoms in total. The Labute approximate surface area is 95.1 Å². The molecule has 0 bridgehead atoms. The summed E-state index contributed by atoms with van der Waals surface area (Å²) in [7, 11) is 1.78. The van der Waals surface area contributed by atoms with Crippen LogP contribution >= 0.6 is 15.9 Å². The number of hydrogen-bond donors (Lipinski definition) is 0. The fraction of sp³-hybridized carbons (Fsp3) is 0.100. The number of halogens is 1. The normalized spacial score (nSPS) is 10.3. The van der Waals surface area contributed by atoms with Gasteiger partial charge in [-0.05, 0) is 22.0 Å². The summed E-state index contributed by atoms with van der Waals surface area (Å²) < 4.78 is 2.46. The average molecular weight is 266 g/mol. The summed E-state index contributed by atoms with van der Waals surface area (Å²) >= 11 is 3.27. The highest BCUT2D eigenvalue weighted by Crippen LogP contribution is 2.12. The maximum Gasteiger partial charge on any atom is 0.230 e. The number of nitrogens with zero attached hydrogens (tertiary/aromatic N) is 3. The predicted molar refractivity (Wildman–Crippen MR) is 58.6 cm³/mol. The molecule has 76 valence electrons. The van der Waals surface area contributed by atoms with Gasteiger partial charge in [0.25, 0.3) is 0 Å². The molecule has 2 heterocycles. The Morgan fingerprint density at radius 1 is 1.47 bits per heavy atom. The molecular formula is C10H8BrN3O. The number of hydrogen-bond acceptors (Lipinski definition) is 3. The third kappa shape index (κ3) is 1.97. The standard InChI is InChI=1S/C10H8BrN3O/c1-14-3-2-13-10(14)9(15)7-4-8(11)6-12-5-7/h2-6H,1H3. The summed E-state index contributed by atoms with van der Waals surface area (Å²) in [6.45, 7) is 0. The fourth-order valence-corrected chi connectivity index (χ4v) is 1.61. The lowest BCUT2D eigenvalue weighted by Crippen LogP contribution is -2.08. The van der Waals surface area contributed by atoms with E-state index in [9.17, 15) is 4.79 Å². The molecular weight excluding hydrogens is 258 g/mol.